The van der Waals surface area contributed by atoms with E-state index in [1.807, 2.05) is 30.3 Å². The van der Waals surface area contributed by atoms with Crippen molar-refractivity contribution in [2.45, 2.75) is 31.9 Å². The second-order valence-electron chi connectivity index (χ2n) is 5.99. The van der Waals surface area contributed by atoms with Crippen LogP contribution >= 0.6 is 24.0 Å². The zero-order valence-corrected chi connectivity index (χ0v) is 16.3. The normalized spacial score (nSPS) is 11.4. The Morgan fingerprint density at radius 1 is 1.11 bits per heavy atom. The first-order valence-electron chi connectivity index (χ1n) is 8.52. The predicted octanol–water partition coefficient (Wildman–Crippen LogP) is 4.66. The van der Waals surface area contributed by atoms with Gasteiger partial charge in [-0.3, -0.25) is 4.79 Å². The number of benzene rings is 2. The topological polar surface area (TPSA) is 57.0 Å². The number of carbonyl (C=O) groups is 1. The lowest BCUT2D eigenvalue weighted by atomic mass is 10.1. The van der Waals surface area contributed by atoms with Crippen LogP contribution in [-0.4, -0.2) is 20.7 Å². The molecule has 0 aliphatic heterocycles. The van der Waals surface area contributed by atoms with Crippen molar-refractivity contribution >= 4 is 30.0 Å². The van der Waals surface area contributed by atoms with E-state index in [0.717, 1.165) is 18.4 Å². The fourth-order valence-corrected chi connectivity index (χ4v) is 2.81. The van der Waals surface area contributed by atoms with Gasteiger partial charge in [0.1, 0.15) is 18.8 Å². The maximum atomic E-state index is 12.3. The standard InChI is InChI=1S/C20H20ClN3O2.ClH/c21-18-11-9-17(10-12-18)19(13-24-15-22-14-23-24)26-20(25)8-4-7-16-5-2-1-3-6-16;/h1-3,5-6,9-12,14-15,19H,4,7-8,13H2;1H. The molecular formula is C20H21Cl2N3O2. The minimum Gasteiger partial charge on any atom is -0.455 e. The highest BCUT2D eigenvalue weighted by molar-refractivity contribution is 6.30. The van der Waals surface area contributed by atoms with Gasteiger partial charge in [-0.05, 0) is 36.1 Å². The molecule has 0 radical (unpaired) electrons. The van der Waals surface area contributed by atoms with E-state index in [0.29, 0.717) is 18.0 Å². The molecule has 142 valence electrons. The quantitative estimate of drug-likeness (QED) is 0.511. The minimum atomic E-state index is -0.432. The SMILES string of the molecule is Cl.O=C(CCCc1ccccc1)OC(Cn1cncn1)c1ccc(Cl)cc1. The van der Waals surface area contributed by atoms with E-state index >= 15 is 0 Å². The molecule has 7 heteroatoms. The number of halogens is 2. The molecular weight excluding hydrogens is 385 g/mol. The van der Waals surface area contributed by atoms with Gasteiger partial charge in [0.05, 0.1) is 6.54 Å². The van der Waals surface area contributed by atoms with E-state index < -0.39 is 6.10 Å². The molecule has 27 heavy (non-hydrogen) atoms. The van der Waals surface area contributed by atoms with Gasteiger partial charge in [-0.25, -0.2) is 9.67 Å². The largest absolute Gasteiger partial charge is 0.455 e. The molecule has 0 aliphatic carbocycles. The molecule has 1 heterocycles. The first kappa shape index (κ1) is 20.9. The number of hydrogen-bond acceptors (Lipinski definition) is 4. The lowest BCUT2D eigenvalue weighted by molar-refractivity contribution is -0.150. The summed E-state index contributed by atoms with van der Waals surface area (Å²) < 4.78 is 7.37. The molecule has 2 aromatic carbocycles. The van der Waals surface area contributed by atoms with Crippen molar-refractivity contribution in [3.05, 3.63) is 83.4 Å². The molecule has 0 spiro atoms. The van der Waals surface area contributed by atoms with E-state index in [1.165, 1.54) is 11.9 Å². The summed E-state index contributed by atoms with van der Waals surface area (Å²) in [5.74, 6) is -0.221. The minimum absolute atomic E-state index is 0. The van der Waals surface area contributed by atoms with Gasteiger partial charge in [-0.15, -0.1) is 12.4 Å². The number of carbonyl (C=O) groups excluding carboxylic acids is 1. The fraction of sp³-hybridized carbons (Fsp3) is 0.250. The van der Waals surface area contributed by atoms with Gasteiger partial charge < -0.3 is 4.74 Å². The van der Waals surface area contributed by atoms with Crippen molar-refractivity contribution in [3.63, 3.8) is 0 Å². The Balaban J connectivity index is 0.00000261. The molecule has 0 aliphatic rings. The van der Waals surface area contributed by atoms with Crippen LogP contribution in [0.2, 0.25) is 5.02 Å². The lowest BCUT2D eigenvalue weighted by Gasteiger charge is -2.18. The number of aryl methyl sites for hydroxylation is 1. The number of esters is 1. The Kier molecular flexibility index (Phi) is 8.30. The van der Waals surface area contributed by atoms with Crippen molar-refractivity contribution in [1.82, 2.24) is 14.8 Å². The molecule has 5 nitrogen and oxygen atoms in total. The van der Waals surface area contributed by atoms with Gasteiger partial charge in [-0.2, -0.15) is 5.10 Å². The highest BCUT2D eigenvalue weighted by atomic mass is 35.5. The Morgan fingerprint density at radius 3 is 2.52 bits per heavy atom. The molecule has 3 rings (SSSR count). The van der Waals surface area contributed by atoms with Gasteiger partial charge in [-0.1, -0.05) is 54.1 Å². The lowest BCUT2D eigenvalue weighted by Crippen LogP contribution is -2.17. The average Bonchev–Trinajstić information content (AvgIpc) is 3.16. The van der Waals surface area contributed by atoms with Crippen molar-refractivity contribution in [2.75, 3.05) is 0 Å². The molecule has 0 amide bonds. The van der Waals surface area contributed by atoms with Gasteiger partial charge in [0.25, 0.3) is 0 Å². The van der Waals surface area contributed by atoms with Crippen molar-refractivity contribution in [1.29, 1.82) is 0 Å². The molecule has 0 bridgehead atoms. The van der Waals surface area contributed by atoms with Crippen LogP contribution in [-0.2, 0) is 22.5 Å². The van der Waals surface area contributed by atoms with Gasteiger partial charge in [0, 0.05) is 11.4 Å². The van der Waals surface area contributed by atoms with Crippen LogP contribution in [0.15, 0.2) is 67.3 Å². The number of hydrogen-bond donors (Lipinski definition) is 0. The molecule has 0 fully saturated rings. The second-order valence-corrected chi connectivity index (χ2v) is 6.42. The van der Waals surface area contributed by atoms with E-state index in [2.05, 4.69) is 22.2 Å². The fourth-order valence-electron chi connectivity index (χ4n) is 2.68. The molecule has 3 aromatic rings. The zero-order chi connectivity index (χ0) is 18.2. The average molecular weight is 406 g/mol. The third kappa shape index (κ3) is 6.70. The Hall–Kier alpha value is -2.37. The number of ether oxygens (including phenoxy) is 1. The Labute approximate surface area is 169 Å². The smallest absolute Gasteiger partial charge is 0.306 e. The van der Waals surface area contributed by atoms with E-state index in [1.54, 1.807) is 23.1 Å². The predicted molar refractivity (Wildman–Crippen MR) is 107 cm³/mol. The van der Waals surface area contributed by atoms with E-state index in [9.17, 15) is 4.79 Å². The van der Waals surface area contributed by atoms with Crippen LogP contribution in [0, 0.1) is 0 Å². The Morgan fingerprint density at radius 2 is 1.85 bits per heavy atom. The van der Waals surface area contributed by atoms with Crippen LogP contribution < -0.4 is 0 Å². The number of aromatic nitrogens is 3. The third-order valence-electron chi connectivity index (χ3n) is 4.02. The zero-order valence-electron chi connectivity index (χ0n) is 14.7. The van der Waals surface area contributed by atoms with E-state index in [-0.39, 0.29) is 18.4 Å². The van der Waals surface area contributed by atoms with Gasteiger partial charge >= 0.3 is 5.97 Å². The van der Waals surface area contributed by atoms with E-state index in [4.69, 9.17) is 16.3 Å². The Bertz CT molecular complexity index is 809. The van der Waals surface area contributed by atoms with Crippen LogP contribution in [0.5, 0.6) is 0 Å². The summed E-state index contributed by atoms with van der Waals surface area (Å²) in [4.78, 5) is 16.3. The molecule has 1 aromatic heterocycles. The number of rotatable bonds is 8. The molecule has 0 saturated heterocycles. The summed E-state index contributed by atoms with van der Waals surface area (Å²) in [7, 11) is 0. The van der Waals surface area contributed by atoms with Crippen LogP contribution in [0.25, 0.3) is 0 Å². The van der Waals surface area contributed by atoms with Gasteiger partial charge in [0.2, 0.25) is 0 Å². The maximum absolute atomic E-state index is 12.3. The first-order valence-corrected chi connectivity index (χ1v) is 8.90. The van der Waals surface area contributed by atoms with Crippen molar-refractivity contribution < 1.29 is 9.53 Å². The molecule has 1 atom stereocenters. The van der Waals surface area contributed by atoms with Crippen molar-refractivity contribution in [3.8, 4) is 0 Å². The summed E-state index contributed by atoms with van der Waals surface area (Å²) in [6.45, 7) is 0.409. The number of nitrogens with zero attached hydrogens (tertiary/aromatic N) is 3. The molecule has 0 N–H and O–H groups in total. The first-order chi connectivity index (χ1) is 12.7. The van der Waals surface area contributed by atoms with Crippen molar-refractivity contribution in [2.24, 2.45) is 0 Å². The van der Waals surface area contributed by atoms with Gasteiger partial charge in [0.15, 0.2) is 0 Å². The summed E-state index contributed by atoms with van der Waals surface area (Å²) in [5.41, 5.74) is 2.10. The summed E-state index contributed by atoms with van der Waals surface area (Å²) >= 11 is 5.96. The molecule has 0 saturated carbocycles. The van der Waals surface area contributed by atoms with Crippen LogP contribution in [0.3, 0.4) is 0 Å². The highest BCUT2D eigenvalue weighted by Crippen LogP contribution is 2.22. The summed E-state index contributed by atoms with van der Waals surface area (Å²) in [6, 6.07) is 17.4. The monoisotopic (exact) mass is 405 g/mol. The summed E-state index contributed by atoms with van der Waals surface area (Å²) in [5, 5.41) is 4.74. The third-order valence-corrected chi connectivity index (χ3v) is 4.28. The van der Waals surface area contributed by atoms with Crippen LogP contribution in [0.1, 0.15) is 30.1 Å². The van der Waals surface area contributed by atoms with Crippen LogP contribution in [0.4, 0.5) is 0 Å². The maximum Gasteiger partial charge on any atom is 0.306 e. The second kappa shape index (κ2) is 10.7. The summed E-state index contributed by atoms with van der Waals surface area (Å²) in [6.07, 6.45) is 4.60. The molecule has 1 unspecified atom stereocenters. The highest BCUT2D eigenvalue weighted by Gasteiger charge is 2.18.